The van der Waals surface area contributed by atoms with Crippen LogP contribution in [0.3, 0.4) is 0 Å². The Balaban J connectivity index is 1.51. The first-order valence-corrected chi connectivity index (χ1v) is 8.13. The van der Waals surface area contributed by atoms with Gasteiger partial charge in [0.2, 0.25) is 0 Å². The third-order valence-corrected chi connectivity index (χ3v) is 4.59. The summed E-state index contributed by atoms with van der Waals surface area (Å²) >= 11 is 0. The van der Waals surface area contributed by atoms with Gasteiger partial charge in [0.25, 0.3) is 0 Å². The van der Waals surface area contributed by atoms with Gasteiger partial charge in [-0.2, -0.15) is 0 Å². The molecular weight excluding hydrogens is 288 g/mol. The minimum Gasteiger partial charge on any atom is -0.489 e. The van der Waals surface area contributed by atoms with Crippen LogP contribution in [0.1, 0.15) is 36.8 Å². The van der Waals surface area contributed by atoms with Crippen LogP contribution >= 0.6 is 0 Å². The zero-order valence-electron chi connectivity index (χ0n) is 13.3. The average molecular weight is 310 g/mol. The van der Waals surface area contributed by atoms with Crippen LogP contribution in [0.25, 0.3) is 0 Å². The fraction of sp³-hybridized carbons (Fsp3) is 0.350. The molecule has 0 heterocycles. The Morgan fingerprint density at radius 2 is 1.87 bits per heavy atom. The van der Waals surface area contributed by atoms with Crippen molar-refractivity contribution in [1.82, 2.24) is 0 Å². The summed E-state index contributed by atoms with van der Waals surface area (Å²) in [6, 6.07) is 18.3. The molecule has 3 atom stereocenters. The molecule has 3 nitrogen and oxygen atoms in total. The number of carbonyl (C=O) groups is 1. The molecule has 1 aliphatic rings. The molecule has 0 aromatic heterocycles. The van der Waals surface area contributed by atoms with Gasteiger partial charge in [-0.25, -0.2) is 0 Å². The van der Waals surface area contributed by atoms with E-state index in [2.05, 4.69) is 19.1 Å². The number of carboxylic acids is 1. The lowest BCUT2D eigenvalue weighted by Gasteiger charge is -2.13. The van der Waals surface area contributed by atoms with E-state index >= 15 is 0 Å². The summed E-state index contributed by atoms with van der Waals surface area (Å²) < 4.78 is 5.79. The molecule has 3 rings (SSSR count). The first-order valence-electron chi connectivity index (χ1n) is 8.13. The van der Waals surface area contributed by atoms with Crippen molar-refractivity contribution in [2.75, 3.05) is 0 Å². The standard InChI is InChI=1S/C20H22O3/c1-14(11-17-12-19(17)20(21)22)16-7-9-18(10-8-16)23-13-15-5-3-2-4-6-15/h2-10,14,17,19H,11-13H2,1H3,(H,21,22). The van der Waals surface area contributed by atoms with Gasteiger partial charge in [-0.1, -0.05) is 49.4 Å². The van der Waals surface area contributed by atoms with Gasteiger partial charge >= 0.3 is 5.97 Å². The van der Waals surface area contributed by atoms with Crippen molar-refractivity contribution in [2.24, 2.45) is 11.8 Å². The van der Waals surface area contributed by atoms with E-state index in [4.69, 9.17) is 9.84 Å². The van der Waals surface area contributed by atoms with Crippen LogP contribution in [0, 0.1) is 11.8 Å². The maximum Gasteiger partial charge on any atom is 0.306 e. The predicted octanol–water partition coefficient (Wildman–Crippen LogP) is 4.48. The Morgan fingerprint density at radius 3 is 2.48 bits per heavy atom. The summed E-state index contributed by atoms with van der Waals surface area (Å²) in [5, 5.41) is 8.98. The highest BCUT2D eigenvalue weighted by atomic mass is 16.5. The predicted molar refractivity (Wildman–Crippen MR) is 89.5 cm³/mol. The monoisotopic (exact) mass is 310 g/mol. The molecule has 0 spiro atoms. The van der Waals surface area contributed by atoms with E-state index in [9.17, 15) is 4.79 Å². The second-order valence-electron chi connectivity index (χ2n) is 6.42. The largest absolute Gasteiger partial charge is 0.489 e. The molecule has 2 aromatic rings. The molecule has 1 saturated carbocycles. The zero-order valence-corrected chi connectivity index (χ0v) is 13.3. The van der Waals surface area contributed by atoms with Crippen LogP contribution in [0.5, 0.6) is 5.75 Å². The number of benzene rings is 2. The van der Waals surface area contributed by atoms with E-state index < -0.39 is 5.97 Å². The Morgan fingerprint density at radius 1 is 1.17 bits per heavy atom. The van der Waals surface area contributed by atoms with Gasteiger partial charge in [-0.3, -0.25) is 4.79 Å². The van der Waals surface area contributed by atoms with Crippen molar-refractivity contribution < 1.29 is 14.6 Å². The Kier molecular flexibility index (Phi) is 4.65. The summed E-state index contributed by atoms with van der Waals surface area (Å²) in [4.78, 5) is 10.9. The molecule has 0 amide bonds. The lowest BCUT2D eigenvalue weighted by Crippen LogP contribution is -2.02. The van der Waals surface area contributed by atoms with Gasteiger partial charge in [-0.05, 0) is 47.9 Å². The number of ether oxygens (including phenoxy) is 1. The van der Waals surface area contributed by atoms with E-state index in [0.717, 1.165) is 24.2 Å². The first-order chi connectivity index (χ1) is 11.1. The molecule has 1 N–H and O–H groups in total. The number of rotatable bonds is 7. The van der Waals surface area contributed by atoms with E-state index in [1.165, 1.54) is 5.56 Å². The minimum atomic E-state index is -0.646. The second kappa shape index (κ2) is 6.86. The molecule has 0 aliphatic heterocycles. The fourth-order valence-corrected chi connectivity index (χ4v) is 3.03. The Hall–Kier alpha value is -2.29. The Labute approximate surface area is 136 Å². The average Bonchev–Trinajstić information content (AvgIpc) is 3.34. The number of hydrogen-bond donors (Lipinski definition) is 1. The topological polar surface area (TPSA) is 46.5 Å². The molecule has 120 valence electrons. The molecule has 23 heavy (non-hydrogen) atoms. The lowest BCUT2D eigenvalue weighted by atomic mass is 9.95. The van der Waals surface area contributed by atoms with E-state index in [-0.39, 0.29) is 5.92 Å². The van der Waals surface area contributed by atoms with Crippen molar-refractivity contribution in [2.45, 2.75) is 32.3 Å². The van der Waals surface area contributed by atoms with Crippen molar-refractivity contribution >= 4 is 5.97 Å². The van der Waals surface area contributed by atoms with Gasteiger partial charge in [0.05, 0.1) is 5.92 Å². The molecule has 0 radical (unpaired) electrons. The third-order valence-electron chi connectivity index (χ3n) is 4.59. The molecule has 3 heteroatoms. The summed E-state index contributed by atoms with van der Waals surface area (Å²) in [5.41, 5.74) is 2.39. The van der Waals surface area contributed by atoms with E-state index in [1.54, 1.807) is 0 Å². The summed E-state index contributed by atoms with van der Waals surface area (Å²) in [7, 11) is 0. The number of hydrogen-bond acceptors (Lipinski definition) is 2. The van der Waals surface area contributed by atoms with Crippen molar-refractivity contribution in [3.8, 4) is 5.75 Å². The van der Waals surface area contributed by atoms with Gasteiger partial charge in [0, 0.05) is 0 Å². The lowest BCUT2D eigenvalue weighted by molar-refractivity contribution is -0.138. The maximum atomic E-state index is 10.9. The summed E-state index contributed by atoms with van der Waals surface area (Å²) in [5.74, 6) is 0.821. The maximum absolute atomic E-state index is 10.9. The number of aliphatic carboxylic acids is 1. The van der Waals surface area contributed by atoms with Crippen LogP contribution in [0.2, 0.25) is 0 Å². The molecular formula is C20H22O3. The van der Waals surface area contributed by atoms with Gasteiger partial charge in [0.15, 0.2) is 0 Å². The van der Waals surface area contributed by atoms with Gasteiger partial charge in [-0.15, -0.1) is 0 Å². The second-order valence-corrected chi connectivity index (χ2v) is 6.42. The van der Waals surface area contributed by atoms with Crippen molar-refractivity contribution in [3.63, 3.8) is 0 Å². The fourth-order valence-electron chi connectivity index (χ4n) is 3.03. The quantitative estimate of drug-likeness (QED) is 0.820. The van der Waals surface area contributed by atoms with Crippen molar-refractivity contribution in [1.29, 1.82) is 0 Å². The SMILES string of the molecule is CC(CC1CC1C(=O)O)c1ccc(OCc2ccccc2)cc1. The van der Waals surface area contributed by atoms with Crippen molar-refractivity contribution in [3.05, 3.63) is 65.7 Å². The highest BCUT2D eigenvalue weighted by Crippen LogP contribution is 2.45. The van der Waals surface area contributed by atoms with Crippen LogP contribution in [-0.4, -0.2) is 11.1 Å². The molecule has 1 fully saturated rings. The smallest absolute Gasteiger partial charge is 0.306 e. The molecule has 1 aliphatic carbocycles. The first kappa shape index (κ1) is 15.6. The van der Waals surface area contributed by atoms with E-state index in [0.29, 0.717) is 18.4 Å². The highest BCUT2D eigenvalue weighted by Gasteiger charge is 2.43. The van der Waals surface area contributed by atoms with E-state index in [1.807, 2.05) is 42.5 Å². The number of carboxylic acid groups (broad SMARTS) is 1. The van der Waals surface area contributed by atoms with Gasteiger partial charge < -0.3 is 9.84 Å². The van der Waals surface area contributed by atoms with Gasteiger partial charge in [0.1, 0.15) is 12.4 Å². The minimum absolute atomic E-state index is 0.120. The Bertz CT molecular complexity index is 648. The highest BCUT2D eigenvalue weighted by molar-refractivity contribution is 5.73. The van der Waals surface area contributed by atoms with Crippen LogP contribution in [0.4, 0.5) is 0 Å². The zero-order chi connectivity index (χ0) is 16.2. The summed E-state index contributed by atoms with van der Waals surface area (Å²) in [6.07, 6.45) is 1.78. The molecule has 2 aromatic carbocycles. The normalized spacial score (nSPS) is 20.7. The van der Waals surface area contributed by atoms with Crippen LogP contribution in [0.15, 0.2) is 54.6 Å². The van der Waals surface area contributed by atoms with Crippen LogP contribution in [-0.2, 0) is 11.4 Å². The summed E-state index contributed by atoms with van der Waals surface area (Å²) in [6.45, 7) is 2.73. The molecule has 0 saturated heterocycles. The third kappa shape index (κ3) is 4.13. The molecule has 0 bridgehead atoms. The van der Waals surface area contributed by atoms with Crippen LogP contribution < -0.4 is 4.74 Å². The molecule has 3 unspecified atom stereocenters.